The average molecular weight is 378 g/mol. The summed E-state index contributed by atoms with van der Waals surface area (Å²) < 4.78 is 38.3. The number of anilines is 1. The Morgan fingerprint density at radius 3 is 2.73 bits per heavy atom. The first-order chi connectivity index (χ1) is 12.5. The van der Waals surface area contributed by atoms with Gasteiger partial charge in [-0.25, -0.2) is 8.42 Å². The molecule has 1 aliphatic carbocycles. The molecule has 1 N–H and O–H groups in total. The Kier molecular flexibility index (Phi) is 5.70. The minimum absolute atomic E-state index is 0.146. The fraction of sp³-hybridized carbons (Fsp3) is 0.474. The van der Waals surface area contributed by atoms with Crippen molar-refractivity contribution in [1.82, 2.24) is 5.32 Å². The highest BCUT2D eigenvalue weighted by atomic mass is 32.2. The summed E-state index contributed by atoms with van der Waals surface area (Å²) in [6.07, 6.45) is 3.89. The highest BCUT2D eigenvalue weighted by Gasteiger charge is 2.37. The first kappa shape index (κ1) is 18.9. The van der Waals surface area contributed by atoms with Crippen molar-refractivity contribution in [2.75, 3.05) is 38.7 Å². The quantitative estimate of drug-likeness (QED) is 0.771. The van der Waals surface area contributed by atoms with Crippen LogP contribution in [0.4, 0.5) is 5.69 Å². The summed E-state index contributed by atoms with van der Waals surface area (Å²) in [6, 6.07) is 7.53. The van der Waals surface area contributed by atoms with E-state index in [9.17, 15) is 8.42 Å². The normalized spacial score (nSPS) is 21.6. The maximum absolute atomic E-state index is 13.2. The first-order valence-corrected chi connectivity index (χ1v) is 10.2. The van der Waals surface area contributed by atoms with Gasteiger partial charge in [-0.1, -0.05) is 18.2 Å². The van der Waals surface area contributed by atoms with Crippen molar-refractivity contribution in [2.45, 2.75) is 25.3 Å². The Morgan fingerprint density at radius 1 is 1.23 bits per heavy atom. The molecule has 2 aliphatic rings. The number of rotatable bonds is 6. The number of hydrogen-bond donors (Lipinski definition) is 1. The fourth-order valence-corrected chi connectivity index (χ4v) is 5.11. The van der Waals surface area contributed by atoms with E-state index in [4.69, 9.17) is 9.47 Å². The Hall–Kier alpha value is -1.83. The minimum Gasteiger partial charge on any atom is -0.501 e. The molecule has 26 heavy (non-hydrogen) atoms. The third-order valence-corrected chi connectivity index (χ3v) is 6.81. The van der Waals surface area contributed by atoms with E-state index < -0.39 is 10.0 Å². The Balaban J connectivity index is 2.12. The Bertz CT molecular complexity index is 830. The van der Waals surface area contributed by atoms with E-state index in [-0.39, 0.29) is 6.04 Å². The molecule has 7 heteroatoms. The van der Waals surface area contributed by atoms with Gasteiger partial charge in [0.25, 0.3) is 10.0 Å². The maximum atomic E-state index is 13.2. The molecule has 3 rings (SSSR count). The summed E-state index contributed by atoms with van der Waals surface area (Å²) in [5.74, 6) is 0.699. The van der Waals surface area contributed by atoms with E-state index in [1.807, 2.05) is 24.3 Å². The molecule has 0 bridgehead atoms. The van der Waals surface area contributed by atoms with Gasteiger partial charge in [0.1, 0.15) is 0 Å². The van der Waals surface area contributed by atoms with Gasteiger partial charge in [-0.2, -0.15) is 0 Å². The summed E-state index contributed by atoms with van der Waals surface area (Å²) in [5, 5.41) is 3.54. The van der Waals surface area contributed by atoms with Crippen molar-refractivity contribution >= 4 is 15.7 Å². The lowest BCUT2D eigenvalue weighted by atomic mass is 9.90. The third-order valence-electron chi connectivity index (χ3n) is 4.96. The highest BCUT2D eigenvalue weighted by Crippen LogP contribution is 2.43. The summed E-state index contributed by atoms with van der Waals surface area (Å²) in [4.78, 5) is 0.351. The fourth-order valence-electron chi connectivity index (χ4n) is 3.56. The number of ether oxygens (including phenoxy) is 2. The van der Waals surface area contributed by atoms with Crippen molar-refractivity contribution in [3.8, 4) is 0 Å². The van der Waals surface area contributed by atoms with E-state index >= 15 is 0 Å². The third kappa shape index (κ3) is 3.39. The molecular formula is C19H26N2O4S. The van der Waals surface area contributed by atoms with Gasteiger partial charge in [0.15, 0.2) is 0 Å². The molecule has 0 radical (unpaired) electrons. The van der Waals surface area contributed by atoms with Gasteiger partial charge >= 0.3 is 0 Å². The molecule has 0 saturated carbocycles. The molecule has 0 amide bonds. The van der Waals surface area contributed by atoms with E-state index in [0.717, 1.165) is 24.1 Å². The zero-order valence-corrected chi connectivity index (χ0v) is 16.3. The SMILES string of the molecule is COCCCNC1C2=C(C=C(OC)CC2)S(=O)(=O)N(C)c2ccccc21. The highest BCUT2D eigenvalue weighted by molar-refractivity contribution is 7.96. The lowest BCUT2D eigenvalue weighted by Gasteiger charge is -2.25. The molecule has 142 valence electrons. The van der Waals surface area contributed by atoms with Gasteiger partial charge in [-0.15, -0.1) is 0 Å². The summed E-state index contributed by atoms with van der Waals surface area (Å²) >= 11 is 0. The van der Waals surface area contributed by atoms with Crippen LogP contribution >= 0.6 is 0 Å². The van der Waals surface area contributed by atoms with Crippen molar-refractivity contribution in [3.63, 3.8) is 0 Å². The summed E-state index contributed by atoms with van der Waals surface area (Å²) in [7, 11) is 1.25. The molecule has 6 nitrogen and oxygen atoms in total. The van der Waals surface area contributed by atoms with Crippen LogP contribution in [0.5, 0.6) is 0 Å². The van der Waals surface area contributed by atoms with Gasteiger partial charge in [0.05, 0.1) is 29.5 Å². The van der Waals surface area contributed by atoms with E-state index in [1.54, 1.807) is 27.3 Å². The van der Waals surface area contributed by atoms with E-state index in [2.05, 4.69) is 5.32 Å². The topological polar surface area (TPSA) is 67.9 Å². The van der Waals surface area contributed by atoms with Gasteiger partial charge < -0.3 is 14.8 Å². The molecule has 1 aliphatic heterocycles. The average Bonchev–Trinajstić information content (AvgIpc) is 2.73. The minimum atomic E-state index is -3.63. The number of nitrogens with zero attached hydrogens (tertiary/aromatic N) is 1. The van der Waals surface area contributed by atoms with Gasteiger partial charge in [0.2, 0.25) is 0 Å². The molecule has 1 atom stereocenters. The molecule has 1 heterocycles. The Morgan fingerprint density at radius 2 is 2.00 bits per heavy atom. The van der Waals surface area contributed by atoms with Crippen molar-refractivity contribution in [3.05, 3.63) is 52.1 Å². The number of methoxy groups -OCH3 is 2. The molecule has 1 aromatic rings. The van der Waals surface area contributed by atoms with Crippen LogP contribution in [0, 0.1) is 0 Å². The van der Waals surface area contributed by atoms with E-state index in [1.165, 1.54) is 4.31 Å². The van der Waals surface area contributed by atoms with Crippen LogP contribution in [-0.4, -0.2) is 42.8 Å². The smallest absolute Gasteiger partial charge is 0.264 e. The summed E-state index contributed by atoms with van der Waals surface area (Å²) in [5.41, 5.74) is 2.59. The van der Waals surface area contributed by atoms with Crippen LogP contribution in [0.2, 0.25) is 0 Å². The number of fused-ring (bicyclic) bond motifs is 1. The van der Waals surface area contributed by atoms with Crippen LogP contribution in [-0.2, 0) is 19.5 Å². The number of para-hydroxylation sites is 1. The molecular weight excluding hydrogens is 352 g/mol. The standard InChI is InChI=1S/C19H26N2O4S/c1-21-17-8-5-4-7-15(17)19(20-11-6-12-24-2)16-10-9-14(25-3)13-18(16)26(21,22)23/h4-5,7-8,13,19-20H,6,9-12H2,1-3H3. The molecule has 1 unspecified atom stereocenters. The lowest BCUT2D eigenvalue weighted by Crippen LogP contribution is -2.28. The Labute approximate surface area is 155 Å². The number of nitrogens with one attached hydrogen (secondary N) is 1. The van der Waals surface area contributed by atoms with Crippen LogP contribution in [0.15, 0.2) is 46.6 Å². The molecule has 1 aromatic carbocycles. The number of sulfonamides is 1. The van der Waals surface area contributed by atoms with Crippen LogP contribution < -0.4 is 9.62 Å². The predicted octanol–water partition coefficient (Wildman–Crippen LogP) is 2.71. The number of benzene rings is 1. The first-order valence-electron chi connectivity index (χ1n) is 8.78. The zero-order valence-electron chi connectivity index (χ0n) is 15.5. The van der Waals surface area contributed by atoms with E-state index in [0.29, 0.717) is 35.8 Å². The molecule has 0 saturated heterocycles. The maximum Gasteiger partial charge on any atom is 0.264 e. The monoisotopic (exact) mass is 378 g/mol. The van der Waals surface area contributed by atoms with Gasteiger partial charge in [-0.3, -0.25) is 4.31 Å². The predicted molar refractivity (Wildman–Crippen MR) is 102 cm³/mol. The largest absolute Gasteiger partial charge is 0.501 e. The molecule has 0 aromatic heterocycles. The van der Waals surface area contributed by atoms with Crippen molar-refractivity contribution < 1.29 is 17.9 Å². The second-order valence-corrected chi connectivity index (χ2v) is 8.41. The second kappa shape index (κ2) is 7.82. The zero-order chi connectivity index (χ0) is 18.7. The lowest BCUT2D eigenvalue weighted by molar-refractivity contribution is 0.193. The van der Waals surface area contributed by atoms with Gasteiger partial charge in [0, 0.05) is 27.2 Å². The summed E-state index contributed by atoms with van der Waals surface area (Å²) in [6.45, 7) is 1.41. The van der Waals surface area contributed by atoms with Gasteiger partial charge in [-0.05, 0) is 42.7 Å². The second-order valence-electron chi connectivity index (χ2n) is 6.47. The number of hydrogen-bond acceptors (Lipinski definition) is 5. The number of allylic oxidation sites excluding steroid dienone is 2. The molecule has 0 spiro atoms. The molecule has 0 fully saturated rings. The van der Waals surface area contributed by atoms with Crippen LogP contribution in [0.3, 0.4) is 0 Å². The van der Waals surface area contributed by atoms with Crippen molar-refractivity contribution in [2.24, 2.45) is 0 Å². The van der Waals surface area contributed by atoms with Crippen LogP contribution in [0.25, 0.3) is 0 Å². The van der Waals surface area contributed by atoms with Crippen molar-refractivity contribution in [1.29, 1.82) is 0 Å². The van der Waals surface area contributed by atoms with Crippen LogP contribution in [0.1, 0.15) is 30.9 Å².